The third-order valence-electron chi connectivity index (χ3n) is 2.22. The maximum Gasteiger partial charge on any atom is 0.342 e. The zero-order valence-electron chi connectivity index (χ0n) is 9.27. The molecule has 0 aliphatic rings. The molecule has 1 aromatic heterocycles. The molecule has 7 nitrogen and oxygen atoms in total. The Bertz CT molecular complexity index is 660. The van der Waals surface area contributed by atoms with Gasteiger partial charge in [0.05, 0.1) is 0 Å². The van der Waals surface area contributed by atoms with Gasteiger partial charge in [0, 0.05) is 6.54 Å². The van der Waals surface area contributed by atoms with Crippen molar-refractivity contribution >= 4 is 5.91 Å². The van der Waals surface area contributed by atoms with E-state index in [1.165, 1.54) is 0 Å². The van der Waals surface area contributed by atoms with Crippen LogP contribution in [-0.2, 0) is 6.54 Å². The molecule has 0 bridgehead atoms. The molecule has 1 aromatic carbocycles. The van der Waals surface area contributed by atoms with Crippen molar-refractivity contribution in [1.82, 2.24) is 20.5 Å². The zero-order valence-corrected chi connectivity index (χ0v) is 9.27. The van der Waals surface area contributed by atoms with Crippen molar-refractivity contribution in [2.45, 2.75) is 6.54 Å². The van der Waals surface area contributed by atoms with Gasteiger partial charge in [0.2, 0.25) is 5.69 Å². The minimum absolute atomic E-state index is 0.278. The minimum Gasteiger partial charge on any atom is -0.346 e. The smallest absolute Gasteiger partial charge is 0.342 e. The molecule has 7 heteroatoms. The number of aromatic amines is 2. The van der Waals surface area contributed by atoms with Gasteiger partial charge >= 0.3 is 5.69 Å². The number of benzene rings is 1. The molecule has 3 N–H and O–H groups in total. The van der Waals surface area contributed by atoms with Crippen molar-refractivity contribution in [3.63, 3.8) is 0 Å². The summed E-state index contributed by atoms with van der Waals surface area (Å²) < 4.78 is 0. The van der Waals surface area contributed by atoms with E-state index in [-0.39, 0.29) is 12.2 Å². The normalized spacial score (nSPS) is 10.0. The highest BCUT2D eigenvalue weighted by molar-refractivity contribution is 5.91. The lowest BCUT2D eigenvalue weighted by Gasteiger charge is -2.03. The Morgan fingerprint density at radius 1 is 1.22 bits per heavy atom. The van der Waals surface area contributed by atoms with E-state index >= 15 is 0 Å². The number of rotatable bonds is 3. The summed E-state index contributed by atoms with van der Waals surface area (Å²) >= 11 is 0. The molecule has 0 unspecified atom stereocenters. The van der Waals surface area contributed by atoms with Crippen LogP contribution < -0.4 is 16.6 Å². The van der Waals surface area contributed by atoms with Crippen molar-refractivity contribution in [2.75, 3.05) is 0 Å². The summed E-state index contributed by atoms with van der Waals surface area (Å²) in [4.78, 5) is 35.6. The van der Waals surface area contributed by atoms with Crippen LogP contribution in [0.15, 0.2) is 39.9 Å². The van der Waals surface area contributed by atoms with E-state index < -0.39 is 17.2 Å². The average Bonchev–Trinajstić information content (AvgIpc) is 2.37. The van der Waals surface area contributed by atoms with E-state index in [0.29, 0.717) is 0 Å². The number of amides is 1. The van der Waals surface area contributed by atoms with Crippen LogP contribution in [0, 0.1) is 0 Å². The van der Waals surface area contributed by atoms with Crippen molar-refractivity contribution < 1.29 is 4.79 Å². The number of carbonyl (C=O) groups is 1. The fourth-order valence-corrected chi connectivity index (χ4v) is 1.36. The van der Waals surface area contributed by atoms with Gasteiger partial charge < -0.3 is 5.32 Å². The van der Waals surface area contributed by atoms with Gasteiger partial charge in [-0.3, -0.25) is 14.6 Å². The second kappa shape index (κ2) is 5.09. The third kappa shape index (κ3) is 2.70. The van der Waals surface area contributed by atoms with E-state index in [1.807, 2.05) is 40.4 Å². The highest BCUT2D eigenvalue weighted by Crippen LogP contribution is 1.97. The van der Waals surface area contributed by atoms with E-state index in [0.717, 1.165) is 5.56 Å². The van der Waals surface area contributed by atoms with E-state index in [2.05, 4.69) is 10.4 Å². The number of hydrogen-bond donors (Lipinski definition) is 3. The molecule has 0 aliphatic heterocycles. The van der Waals surface area contributed by atoms with Gasteiger partial charge in [0.1, 0.15) is 0 Å². The van der Waals surface area contributed by atoms with Gasteiger partial charge in [0.25, 0.3) is 11.5 Å². The van der Waals surface area contributed by atoms with Crippen LogP contribution in [0.2, 0.25) is 0 Å². The Balaban J connectivity index is 2.09. The monoisotopic (exact) mass is 246 g/mol. The summed E-state index contributed by atoms with van der Waals surface area (Å²) in [6.45, 7) is 0.278. The lowest BCUT2D eigenvalue weighted by Crippen LogP contribution is -2.35. The van der Waals surface area contributed by atoms with Crippen LogP contribution in [0.3, 0.4) is 0 Å². The lowest BCUT2D eigenvalue weighted by atomic mass is 10.2. The highest BCUT2D eigenvalue weighted by atomic mass is 16.2. The van der Waals surface area contributed by atoms with Gasteiger partial charge in [-0.15, -0.1) is 0 Å². The first-order valence-corrected chi connectivity index (χ1v) is 5.18. The number of H-pyrrole nitrogens is 2. The average molecular weight is 246 g/mol. The molecule has 18 heavy (non-hydrogen) atoms. The molecule has 2 aromatic rings. The molecule has 1 heterocycles. The quantitative estimate of drug-likeness (QED) is 0.671. The first-order valence-electron chi connectivity index (χ1n) is 5.18. The number of nitrogens with zero attached hydrogens (tertiary/aromatic N) is 1. The second-order valence-electron chi connectivity index (χ2n) is 3.52. The second-order valence-corrected chi connectivity index (χ2v) is 3.52. The molecule has 0 fully saturated rings. The van der Waals surface area contributed by atoms with Gasteiger partial charge in [-0.1, -0.05) is 30.3 Å². The number of nitrogens with one attached hydrogen (secondary N) is 3. The Morgan fingerprint density at radius 2 is 1.94 bits per heavy atom. The van der Waals surface area contributed by atoms with Gasteiger partial charge in [-0.2, -0.15) is 5.10 Å². The van der Waals surface area contributed by atoms with Crippen molar-refractivity contribution in [1.29, 1.82) is 0 Å². The molecule has 0 atom stereocenters. The topological polar surface area (TPSA) is 108 Å². The number of hydrogen-bond acceptors (Lipinski definition) is 4. The summed E-state index contributed by atoms with van der Waals surface area (Å²) in [6, 6.07) is 9.22. The SMILES string of the molecule is O=C(NCc1ccccc1)c1n[nH]c(=O)[nH]c1=O. The summed E-state index contributed by atoms with van der Waals surface area (Å²) in [5.41, 5.74) is -1.04. The molecule has 0 saturated heterocycles. The largest absolute Gasteiger partial charge is 0.346 e. The molecule has 0 spiro atoms. The molecule has 1 amide bonds. The predicted octanol–water partition coefficient (Wildman–Crippen LogP) is -0.612. The number of carbonyl (C=O) groups excluding carboxylic acids is 1. The fraction of sp³-hybridized carbons (Fsp3) is 0.0909. The molecule has 2 rings (SSSR count). The molecule has 92 valence electrons. The van der Waals surface area contributed by atoms with Gasteiger partial charge in [-0.05, 0) is 5.56 Å². The van der Waals surface area contributed by atoms with E-state index in [4.69, 9.17) is 0 Å². The Labute approximate surface area is 101 Å². The van der Waals surface area contributed by atoms with Crippen molar-refractivity contribution in [3.05, 3.63) is 62.4 Å². The summed E-state index contributed by atoms with van der Waals surface area (Å²) in [5.74, 6) is -0.642. The Hall–Kier alpha value is -2.70. The van der Waals surface area contributed by atoms with Crippen LogP contribution in [0.4, 0.5) is 0 Å². The van der Waals surface area contributed by atoms with Crippen molar-refractivity contribution in [3.8, 4) is 0 Å². The Kier molecular flexibility index (Phi) is 3.33. The van der Waals surface area contributed by atoms with Gasteiger partial charge in [-0.25, -0.2) is 9.89 Å². The first kappa shape index (κ1) is 11.8. The van der Waals surface area contributed by atoms with Crippen LogP contribution in [0.5, 0.6) is 0 Å². The highest BCUT2D eigenvalue weighted by Gasteiger charge is 2.12. The Morgan fingerprint density at radius 3 is 2.61 bits per heavy atom. The zero-order chi connectivity index (χ0) is 13.0. The summed E-state index contributed by atoms with van der Waals surface area (Å²) in [6.07, 6.45) is 0. The van der Waals surface area contributed by atoms with E-state index in [1.54, 1.807) is 0 Å². The van der Waals surface area contributed by atoms with Crippen LogP contribution in [-0.4, -0.2) is 21.1 Å². The van der Waals surface area contributed by atoms with Crippen LogP contribution in [0.1, 0.15) is 16.1 Å². The number of aromatic nitrogens is 3. The molecule has 0 radical (unpaired) electrons. The fourth-order valence-electron chi connectivity index (χ4n) is 1.36. The maximum atomic E-state index is 11.6. The third-order valence-corrected chi connectivity index (χ3v) is 2.22. The van der Waals surface area contributed by atoms with Crippen LogP contribution >= 0.6 is 0 Å². The molecule has 0 saturated carbocycles. The molecular weight excluding hydrogens is 236 g/mol. The minimum atomic E-state index is -0.815. The van der Waals surface area contributed by atoms with Gasteiger partial charge in [0.15, 0.2) is 0 Å². The molecule has 0 aliphatic carbocycles. The maximum absolute atomic E-state index is 11.6. The van der Waals surface area contributed by atoms with E-state index in [9.17, 15) is 14.4 Å². The molecular formula is C11H10N4O3. The van der Waals surface area contributed by atoms with Crippen LogP contribution in [0.25, 0.3) is 0 Å². The van der Waals surface area contributed by atoms with Crippen molar-refractivity contribution in [2.24, 2.45) is 0 Å². The summed E-state index contributed by atoms with van der Waals surface area (Å²) in [7, 11) is 0. The lowest BCUT2D eigenvalue weighted by molar-refractivity contribution is 0.0943. The standard InChI is InChI=1S/C11H10N4O3/c16-9(8-10(17)13-11(18)15-14-8)12-6-7-4-2-1-3-5-7/h1-5H,6H2,(H,12,16)(H2,13,15,17,18). The summed E-state index contributed by atoms with van der Waals surface area (Å²) in [5, 5.41) is 7.93. The first-order chi connectivity index (χ1) is 8.66. The predicted molar refractivity (Wildman–Crippen MR) is 63.1 cm³/mol.